The molecule has 181 valence electrons. The van der Waals surface area contributed by atoms with Gasteiger partial charge in [-0.3, -0.25) is 9.59 Å². The minimum atomic E-state index is -0.653. The summed E-state index contributed by atoms with van der Waals surface area (Å²) in [4.78, 5) is 37.3. The van der Waals surface area contributed by atoms with E-state index in [1.165, 1.54) is 7.05 Å². The molecule has 0 aliphatic carbocycles. The molecule has 2 amide bonds. The summed E-state index contributed by atoms with van der Waals surface area (Å²) < 4.78 is 0. The van der Waals surface area contributed by atoms with Crippen LogP contribution in [0.5, 0.6) is 0 Å². The van der Waals surface area contributed by atoms with Crippen molar-refractivity contribution in [3.05, 3.63) is 74.6 Å². The van der Waals surface area contributed by atoms with E-state index < -0.39 is 6.04 Å². The number of hydrogen-bond acceptors (Lipinski definition) is 3. The smallest absolute Gasteiger partial charge is 0.255 e. The Morgan fingerprint density at radius 2 is 1.94 bits per heavy atom. The van der Waals surface area contributed by atoms with Crippen molar-refractivity contribution in [2.75, 3.05) is 7.05 Å². The first-order valence-corrected chi connectivity index (χ1v) is 11.3. The fourth-order valence-electron chi connectivity index (χ4n) is 4.02. The molecule has 1 aliphatic rings. The molecule has 1 heterocycles. The summed E-state index contributed by atoms with van der Waals surface area (Å²) >= 11 is 5.69. The molecule has 0 fully saturated rings. The van der Waals surface area contributed by atoms with E-state index in [0.717, 1.165) is 28.5 Å². The molecular weight excluding hydrogens is 529 g/mol. The van der Waals surface area contributed by atoms with E-state index in [9.17, 15) is 14.4 Å². The monoisotopic (exact) mass is 559 g/mol. The van der Waals surface area contributed by atoms with Gasteiger partial charge < -0.3 is 26.5 Å². The van der Waals surface area contributed by atoms with Gasteiger partial charge in [0.25, 0.3) is 5.91 Å². The second-order valence-corrected chi connectivity index (χ2v) is 8.67. The quantitative estimate of drug-likeness (QED) is 0.436. The van der Waals surface area contributed by atoms with Crippen LogP contribution in [0.25, 0.3) is 11.5 Å². The van der Waals surface area contributed by atoms with E-state index >= 15 is 0 Å². The summed E-state index contributed by atoms with van der Waals surface area (Å²) in [6.45, 7) is 6.53. The molecule has 0 saturated carbocycles. The first kappa shape index (κ1) is 30.2. The summed E-state index contributed by atoms with van der Waals surface area (Å²) in [5.74, 6) is -0.241. The Hall–Kier alpha value is -1.80. The zero-order valence-electron chi connectivity index (χ0n) is 20.1. The van der Waals surface area contributed by atoms with Gasteiger partial charge >= 0.3 is 0 Å². The SMILES string of the molecule is CNC(=O)C(CCC=O)N1Cc2c(ccc(C[NH-])c2C(C)C)C1=O.Cc1ccc([NH-])cc1Cl.[Y]. The minimum Gasteiger partial charge on any atom is -0.699 e. The Morgan fingerprint density at radius 3 is 2.44 bits per heavy atom. The van der Waals surface area contributed by atoms with Gasteiger partial charge in [0.2, 0.25) is 5.91 Å². The van der Waals surface area contributed by atoms with Gasteiger partial charge in [-0.15, -0.1) is 12.2 Å². The van der Waals surface area contributed by atoms with Crippen molar-refractivity contribution >= 4 is 35.4 Å². The number of likely N-dealkylation sites (N-methyl/N-ethyl adjacent to an activating group) is 1. The molecule has 2 aromatic carbocycles. The van der Waals surface area contributed by atoms with Gasteiger partial charge in [-0.25, -0.2) is 0 Å². The Bertz CT molecular complexity index is 1030. The number of benzene rings is 2. The molecular formula is C25H31ClN4O3Y-2. The average Bonchev–Trinajstić information content (AvgIpc) is 3.12. The third-order valence-electron chi connectivity index (χ3n) is 5.69. The first-order chi connectivity index (χ1) is 15.7. The van der Waals surface area contributed by atoms with E-state index in [0.29, 0.717) is 29.2 Å². The number of aldehydes is 1. The van der Waals surface area contributed by atoms with Crippen molar-refractivity contribution in [1.29, 1.82) is 0 Å². The third-order valence-corrected chi connectivity index (χ3v) is 6.10. The van der Waals surface area contributed by atoms with Gasteiger partial charge in [0.05, 0.1) is 0 Å². The Labute approximate surface area is 231 Å². The molecule has 0 aromatic heterocycles. The van der Waals surface area contributed by atoms with Crippen LogP contribution >= 0.6 is 11.6 Å². The van der Waals surface area contributed by atoms with Gasteiger partial charge in [0.1, 0.15) is 12.3 Å². The topological polar surface area (TPSA) is 114 Å². The second kappa shape index (κ2) is 13.9. The molecule has 0 saturated heterocycles. The number of nitrogens with zero attached hydrogens (tertiary/aromatic N) is 1. The van der Waals surface area contributed by atoms with Crippen LogP contribution < -0.4 is 5.32 Å². The third kappa shape index (κ3) is 7.11. The van der Waals surface area contributed by atoms with Crippen molar-refractivity contribution in [2.45, 2.75) is 58.7 Å². The van der Waals surface area contributed by atoms with Crippen LogP contribution in [-0.2, 0) is 55.4 Å². The van der Waals surface area contributed by atoms with Crippen LogP contribution in [0, 0.1) is 6.92 Å². The number of aryl methyl sites for hydroxylation is 1. The molecule has 34 heavy (non-hydrogen) atoms. The van der Waals surface area contributed by atoms with Gasteiger partial charge in [0, 0.05) is 63.3 Å². The number of carbonyl (C=O) groups is 3. The van der Waals surface area contributed by atoms with Crippen molar-refractivity contribution in [1.82, 2.24) is 10.2 Å². The predicted octanol–water partition coefficient (Wildman–Crippen LogP) is 5.74. The minimum absolute atomic E-state index is 0. The first-order valence-electron chi connectivity index (χ1n) is 10.9. The number of hydrogen-bond donors (Lipinski definition) is 1. The molecule has 2 aromatic rings. The summed E-state index contributed by atoms with van der Waals surface area (Å²) in [7, 11) is 1.53. The Balaban J connectivity index is 0.000000486. The van der Waals surface area contributed by atoms with Gasteiger partial charge in [0.15, 0.2) is 0 Å². The Kier molecular flexibility index (Phi) is 12.4. The van der Waals surface area contributed by atoms with Crippen LogP contribution in [0.15, 0.2) is 30.3 Å². The van der Waals surface area contributed by atoms with Crippen LogP contribution in [0.1, 0.15) is 65.2 Å². The maximum Gasteiger partial charge on any atom is 0.255 e. The van der Waals surface area contributed by atoms with E-state index in [2.05, 4.69) is 5.32 Å². The molecule has 1 atom stereocenters. The number of amides is 2. The molecule has 1 aliphatic heterocycles. The second-order valence-electron chi connectivity index (χ2n) is 8.27. The fourth-order valence-corrected chi connectivity index (χ4v) is 4.20. The molecule has 1 unspecified atom stereocenters. The van der Waals surface area contributed by atoms with Crippen molar-refractivity contribution in [3.8, 4) is 0 Å². The van der Waals surface area contributed by atoms with E-state index in [-0.39, 0.29) is 63.4 Å². The maximum atomic E-state index is 12.8. The molecule has 7 nitrogen and oxygen atoms in total. The fraction of sp³-hybridized carbons (Fsp3) is 0.400. The van der Waals surface area contributed by atoms with E-state index in [1.807, 2.05) is 32.9 Å². The van der Waals surface area contributed by atoms with Gasteiger partial charge in [-0.1, -0.05) is 55.3 Å². The average molecular weight is 560 g/mol. The summed E-state index contributed by atoms with van der Waals surface area (Å²) in [6.07, 6.45) is 1.31. The molecule has 0 spiro atoms. The number of rotatable bonds is 7. The van der Waals surface area contributed by atoms with Crippen molar-refractivity contribution in [2.24, 2.45) is 0 Å². The molecule has 1 radical (unpaired) electrons. The summed E-state index contributed by atoms with van der Waals surface area (Å²) in [5, 5.41) is 3.25. The largest absolute Gasteiger partial charge is 0.699 e. The number of fused-ring (bicyclic) bond motifs is 1. The summed E-state index contributed by atoms with van der Waals surface area (Å²) in [6, 6.07) is 8.14. The van der Waals surface area contributed by atoms with Crippen LogP contribution in [0.4, 0.5) is 5.69 Å². The van der Waals surface area contributed by atoms with Gasteiger partial charge in [-0.05, 0) is 42.0 Å². The number of halogens is 1. The molecule has 3 N–H and O–H groups in total. The van der Waals surface area contributed by atoms with E-state index in [1.54, 1.807) is 23.1 Å². The zero-order chi connectivity index (χ0) is 24.7. The Morgan fingerprint density at radius 1 is 1.26 bits per heavy atom. The maximum absolute atomic E-state index is 12.8. The molecule has 3 rings (SSSR count). The number of carbonyl (C=O) groups excluding carboxylic acids is 3. The standard InChI is InChI=1S/C18H24N3O3.C7H7ClN.Y/c1-11(2)16-12(9-19)6-7-13-14(16)10-21(18(13)24)15(5-4-8-22)17(23)20-3;1-5-2-3-6(9)4-7(5)8;/h6-8,11,15,19H,4-5,9-10H2,1-3H3,(H,20,23);2-4,9H,1H3;/q2*-1;. The normalized spacial score (nSPS) is 12.9. The van der Waals surface area contributed by atoms with Crippen LogP contribution in [0.2, 0.25) is 5.02 Å². The van der Waals surface area contributed by atoms with Gasteiger partial charge in [-0.2, -0.15) is 0 Å². The van der Waals surface area contributed by atoms with Crippen LogP contribution in [-0.4, -0.2) is 36.1 Å². The molecule has 0 bridgehead atoms. The van der Waals surface area contributed by atoms with Crippen molar-refractivity contribution < 1.29 is 47.1 Å². The summed E-state index contributed by atoms with van der Waals surface area (Å²) in [5.41, 5.74) is 19.8. The van der Waals surface area contributed by atoms with Crippen LogP contribution in [0.3, 0.4) is 0 Å². The zero-order valence-corrected chi connectivity index (χ0v) is 23.7. The van der Waals surface area contributed by atoms with Crippen molar-refractivity contribution in [3.63, 3.8) is 0 Å². The number of nitrogens with one attached hydrogen (secondary N) is 3. The van der Waals surface area contributed by atoms with E-state index in [4.69, 9.17) is 23.1 Å². The molecule has 9 heteroatoms. The predicted molar refractivity (Wildman–Crippen MR) is 132 cm³/mol.